The van der Waals surface area contributed by atoms with Gasteiger partial charge in [0, 0.05) is 41.3 Å². The van der Waals surface area contributed by atoms with Crippen LogP contribution in [-0.4, -0.2) is 27.3 Å². The highest BCUT2D eigenvalue weighted by Gasteiger charge is 2.19. The van der Waals surface area contributed by atoms with E-state index in [1.165, 1.54) is 21.9 Å². The maximum Gasteiger partial charge on any atom is 0.257 e. The van der Waals surface area contributed by atoms with Gasteiger partial charge in [0.25, 0.3) is 5.56 Å². The Bertz CT molecular complexity index is 1210. The van der Waals surface area contributed by atoms with Crippen molar-refractivity contribution in [1.82, 2.24) is 14.9 Å². The predicted octanol–water partition coefficient (Wildman–Crippen LogP) is 5.13. The molecule has 1 heterocycles. The highest BCUT2D eigenvalue weighted by molar-refractivity contribution is 8.00. The number of carbonyl (C=O) groups excluding carboxylic acids is 1. The van der Waals surface area contributed by atoms with Crippen molar-refractivity contribution in [2.75, 3.05) is 6.54 Å². The van der Waals surface area contributed by atoms with Gasteiger partial charge in [0.05, 0.1) is 5.25 Å². The zero-order chi connectivity index (χ0) is 24.1. The SMILES string of the molecule is Cc1ccc(Cc2c(C)nc(SC(C)C(=O)NCCc3ccc(Cl)cc3Cl)n(C)c2=O)cc1. The molecular formula is C25H27Cl2N3O2S. The molecule has 1 N–H and O–H groups in total. The maximum absolute atomic E-state index is 13.0. The van der Waals surface area contributed by atoms with Crippen molar-refractivity contribution in [2.24, 2.45) is 7.05 Å². The van der Waals surface area contributed by atoms with Crippen molar-refractivity contribution in [1.29, 1.82) is 0 Å². The van der Waals surface area contributed by atoms with E-state index in [2.05, 4.69) is 10.3 Å². The van der Waals surface area contributed by atoms with Gasteiger partial charge in [0.2, 0.25) is 5.91 Å². The van der Waals surface area contributed by atoms with Crippen molar-refractivity contribution in [3.63, 3.8) is 0 Å². The van der Waals surface area contributed by atoms with Gasteiger partial charge >= 0.3 is 0 Å². The summed E-state index contributed by atoms with van der Waals surface area (Å²) in [7, 11) is 1.70. The highest BCUT2D eigenvalue weighted by atomic mass is 35.5. The molecule has 1 aromatic heterocycles. The fraction of sp³-hybridized carbons (Fsp3) is 0.320. The summed E-state index contributed by atoms with van der Waals surface area (Å²) >= 11 is 13.4. The summed E-state index contributed by atoms with van der Waals surface area (Å²) < 4.78 is 1.53. The second-order valence-corrected chi connectivity index (χ2v) is 10.2. The molecule has 0 saturated carbocycles. The zero-order valence-electron chi connectivity index (χ0n) is 19.1. The van der Waals surface area contributed by atoms with Crippen molar-refractivity contribution in [3.8, 4) is 0 Å². The summed E-state index contributed by atoms with van der Waals surface area (Å²) in [5.41, 5.74) is 4.43. The fourth-order valence-electron chi connectivity index (χ4n) is 3.35. The number of carbonyl (C=O) groups is 1. The Labute approximate surface area is 208 Å². The zero-order valence-corrected chi connectivity index (χ0v) is 21.4. The van der Waals surface area contributed by atoms with E-state index >= 15 is 0 Å². The number of amides is 1. The van der Waals surface area contributed by atoms with E-state index in [9.17, 15) is 9.59 Å². The second kappa shape index (κ2) is 11.2. The first-order valence-electron chi connectivity index (χ1n) is 10.7. The van der Waals surface area contributed by atoms with E-state index < -0.39 is 5.25 Å². The van der Waals surface area contributed by atoms with E-state index in [-0.39, 0.29) is 11.5 Å². The van der Waals surface area contributed by atoms with E-state index in [1.54, 1.807) is 26.1 Å². The van der Waals surface area contributed by atoms with Crippen LogP contribution in [0.25, 0.3) is 0 Å². The van der Waals surface area contributed by atoms with Gasteiger partial charge in [0.15, 0.2) is 5.16 Å². The lowest BCUT2D eigenvalue weighted by atomic mass is 10.0. The number of aromatic nitrogens is 2. The van der Waals surface area contributed by atoms with Gasteiger partial charge in [-0.05, 0) is 50.5 Å². The Morgan fingerprint density at radius 2 is 1.85 bits per heavy atom. The van der Waals surface area contributed by atoms with E-state index in [0.29, 0.717) is 45.8 Å². The molecule has 1 atom stereocenters. The number of hydrogen-bond donors (Lipinski definition) is 1. The van der Waals surface area contributed by atoms with Crippen LogP contribution in [0.15, 0.2) is 52.4 Å². The summed E-state index contributed by atoms with van der Waals surface area (Å²) in [6.45, 7) is 6.13. The van der Waals surface area contributed by atoms with Crippen LogP contribution in [0.3, 0.4) is 0 Å². The molecule has 1 unspecified atom stereocenters. The van der Waals surface area contributed by atoms with E-state index in [1.807, 2.05) is 44.2 Å². The van der Waals surface area contributed by atoms with Crippen LogP contribution in [0.2, 0.25) is 10.0 Å². The summed E-state index contributed by atoms with van der Waals surface area (Å²) in [4.78, 5) is 30.2. The normalized spacial score (nSPS) is 11.9. The summed E-state index contributed by atoms with van der Waals surface area (Å²) in [6.07, 6.45) is 1.13. The molecule has 0 fully saturated rings. The van der Waals surface area contributed by atoms with Crippen molar-refractivity contribution in [2.45, 2.75) is 44.0 Å². The number of rotatable bonds is 8. The number of benzene rings is 2. The molecule has 0 aliphatic carbocycles. The van der Waals surface area contributed by atoms with Crippen LogP contribution in [0.5, 0.6) is 0 Å². The minimum atomic E-state index is -0.411. The van der Waals surface area contributed by atoms with Crippen molar-refractivity contribution >= 4 is 40.9 Å². The number of halogens is 2. The van der Waals surface area contributed by atoms with Crippen LogP contribution < -0.4 is 10.9 Å². The van der Waals surface area contributed by atoms with Gasteiger partial charge in [-0.3, -0.25) is 14.2 Å². The minimum absolute atomic E-state index is 0.0874. The van der Waals surface area contributed by atoms with Crippen LogP contribution in [-0.2, 0) is 24.7 Å². The van der Waals surface area contributed by atoms with E-state index in [0.717, 1.165) is 11.1 Å². The molecular weight excluding hydrogens is 477 g/mol. The van der Waals surface area contributed by atoms with Crippen LogP contribution >= 0.6 is 35.0 Å². The number of aryl methyl sites for hydroxylation is 2. The summed E-state index contributed by atoms with van der Waals surface area (Å²) in [6, 6.07) is 13.5. The Balaban J connectivity index is 1.63. The predicted molar refractivity (Wildman–Crippen MR) is 137 cm³/mol. The van der Waals surface area contributed by atoms with Crippen LogP contribution in [0.4, 0.5) is 0 Å². The Morgan fingerprint density at radius 1 is 1.15 bits per heavy atom. The lowest BCUT2D eigenvalue weighted by molar-refractivity contribution is -0.120. The standard InChI is InChI=1S/C25H27Cl2N3O2S/c1-15-5-7-18(8-6-15)13-21-16(2)29-25(30(4)24(21)32)33-17(3)23(31)28-12-11-19-9-10-20(26)14-22(19)27/h5-10,14,17H,11-13H2,1-4H3,(H,28,31). The molecule has 0 aliphatic rings. The molecule has 3 rings (SSSR count). The highest BCUT2D eigenvalue weighted by Crippen LogP contribution is 2.23. The first-order chi connectivity index (χ1) is 15.7. The largest absolute Gasteiger partial charge is 0.355 e. The monoisotopic (exact) mass is 503 g/mol. The summed E-state index contributed by atoms with van der Waals surface area (Å²) in [5, 5.41) is 4.20. The van der Waals surface area contributed by atoms with Crippen molar-refractivity contribution < 1.29 is 4.79 Å². The quantitative estimate of drug-likeness (QED) is 0.341. The third kappa shape index (κ3) is 6.62. The maximum atomic E-state index is 13.0. The fourth-order valence-corrected chi connectivity index (χ4v) is 4.79. The average Bonchev–Trinajstić information content (AvgIpc) is 2.77. The van der Waals surface area contributed by atoms with Crippen LogP contribution in [0.1, 0.15) is 34.9 Å². The van der Waals surface area contributed by atoms with Crippen LogP contribution in [0, 0.1) is 13.8 Å². The van der Waals surface area contributed by atoms with Gasteiger partial charge < -0.3 is 5.32 Å². The van der Waals surface area contributed by atoms with Gasteiger partial charge in [-0.15, -0.1) is 0 Å². The third-order valence-corrected chi connectivity index (χ3v) is 7.14. The number of nitrogens with zero attached hydrogens (tertiary/aromatic N) is 2. The molecule has 5 nitrogen and oxygen atoms in total. The Kier molecular flexibility index (Phi) is 8.63. The lowest BCUT2D eigenvalue weighted by Gasteiger charge is -2.16. The number of nitrogens with one attached hydrogen (secondary N) is 1. The molecule has 174 valence electrons. The molecule has 8 heteroatoms. The minimum Gasteiger partial charge on any atom is -0.355 e. The molecule has 0 radical (unpaired) electrons. The lowest BCUT2D eigenvalue weighted by Crippen LogP contribution is -2.33. The van der Waals surface area contributed by atoms with Gasteiger partial charge in [0.1, 0.15) is 0 Å². The molecule has 0 spiro atoms. The number of hydrogen-bond acceptors (Lipinski definition) is 4. The third-order valence-electron chi connectivity index (χ3n) is 5.41. The second-order valence-electron chi connectivity index (χ2n) is 8.02. The molecule has 2 aromatic carbocycles. The van der Waals surface area contributed by atoms with Gasteiger partial charge in [-0.25, -0.2) is 4.98 Å². The first-order valence-corrected chi connectivity index (χ1v) is 12.3. The molecule has 0 bridgehead atoms. The van der Waals surface area contributed by atoms with Gasteiger partial charge in [-0.2, -0.15) is 0 Å². The molecule has 0 aliphatic heterocycles. The molecule has 0 saturated heterocycles. The smallest absolute Gasteiger partial charge is 0.257 e. The molecule has 1 amide bonds. The molecule has 33 heavy (non-hydrogen) atoms. The molecule has 3 aromatic rings. The number of thioether (sulfide) groups is 1. The van der Waals surface area contributed by atoms with Crippen molar-refractivity contribution in [3.05, 3.63) is 90.8 Å². The van der Waals surface area contributed by atoms with Gasteiger partial charge in [-0.1, -0.05) is 70.9 Å². The first kappa shape index (κ1) is 25.3. The average molecular weight is 504 g/mol. The summed E-state index contributed by atoms with van der Waals surface area (Å²) in [5.74, 6) is -0.124. The van der Waals surface area contributed by atoms with E-state index in [4.69, 9.17) is 23.2 Å². The topological polar surface area (TPSA) is 64.0 Å². The Hall–Kier alpha value is -2.28. The Morgan fingerprint density at radius 3 is 2.52 bits per heavy atom.